The predicted octanol–water partition coefficient (Wildman–Crippen LogP) is 3.62. The lowest BCUT2D eigenvalue weighted by atomic mass is 10.1. The van der Waals surface area contributed by atoms with Gasteiger partial charge in [0, 0.05) is 19.2 Å². The Morgan fingerprint density at radius 1 is 1.15 bits per heavy atom. The summed E-state index contributed by atoms with van der Waals surface area (Å²) >= 11 is 0. The second kappa shape index (κ2) is 10.4. The first-order chi connectivity index (χ1) is 9.76. The maximum absolute atomic E-state index is 11.7. The average molecular weight is 277 g/mol. The van der Waals surface area contributed by atoms with Crippen LogP contribution in [-0.2, 0) is 11.3 Å². The minimum absolute atomic E-state index is 0.0477. The van der Waals surface area contributed by atoms with Gasteiger partial charge in [-0.05, 0) is 18.1 Å². The quantitative estimate of drug-likeness (QED) is 0.642. The number of aromatic nitrogens is 1. The van der Waals surface area contributed by atoms with Gasteiger partial charge in [0.05, 0.1) is 0 Å². The standard InChI is InChI=1S/C16H27N3O/c1-2-3-4-5-6-7-8-9-16(20)19-15-11-10-14(12-17)13-18-15/h10-11,13H,2-9,12,17H2,1H3,(H,18,19,20). The van der Waals surface area contributed by atoms with Crippen LogP contribution in [0.1, 0.15) is 63.9 Å². The third-order valence-electron chi connectivity index (χ3n) is 3.34. The van der Waals surface area contributed by atoms with Crippen molar-refractivity contribution in [2.24, 2.45) is 5.73 Å². The third kappa shape index (κ3) is 7.24. The van der Waals surface area contributed by atoms with Crippen LogP contribution in [0.15, 0.2) is 18.3 Å². The molecule has 0 saturated carbocycles. The fourth-order valence-corrected chi connectivity index (χ4v) is 2.07. The molecule has 1 heterocycles. The molecule has 4 nitrogen and oxygen atoms in total. The number of pyridine rings is 1. The van der Waals surface area contributed by atoms with Gasteiger partial charge in [0.15, 0.2) is 0 Å². The fourth-order valence-electron chi connectivity index (χ4n) is 2.07. The van der Waals surface area contributed by atoms with Crippen molar-refractivity contribution in [3.63, 3.8) is 0 Å². The summed E-state index contributed by atoms with van der Waals surface area (Å²) in [5, 5.41) is 2.81. The van der Waals surface area contributed by atoms with E-state index < -0.39 is 0 Å². The maximum Gasteiger partial charge on any atom is 0.225 e. The zero-order valence-corrected chi connectivity index (χ0v) is 12.5. The van der Waals surface area contributed by atoms with Crippen molar-refractivity contribution in [2.75, 3.05) is 5.32 Å². The number of nitrogens with zero attached hydrogens (tertiary/aromatic N) is 1. The minimum atomic E-state index is 0.0477. The van der Waals surface area contributed by atoms with Crippen LogP contribution in [0.5, 0.6) is 0 Å². The third-order valence-corrected chi connectivity index (χ3v) is 3.34. The van der Waals surface area contributed by atoms with Gasteiger partial charge in [-0.25, -0.2) is 4.98 Å². The lowest BCUT2D eigenvalue weighted by Crippen LogP contribution is -2.12. The van der Waals surface area contributed by atoms with E-state index in [2.05, 4.69) is 17.2 Å². The topological polar surface area (TPSA) is 68.0 Å². The van der Waals surface area contributed by atoms with E-state index in [9.17, 15) is 4.79 Å². The van der Waals surface area contributed by atoms with E-state index in [1.54, 1.807) is 12.3 Å². The molecule has 1 aromatic rings. The molecule has 0 spiro atoms. The zero-order valence-electron chi connectivity index (χ0n) is 12.5. The molecule has 4 heteroatoms. The summed E-state index contributed by atoms with van der Waals surface area (Å²) in [4.78, 5) is 15.9. The first-order valence-corrected chi connectivity index (χ1v) is 7.71. The Bertz CT molecular complexity index is 376. The molecule has 1 rings (SSSR count). The summed E-state index contributed by atoms with van der Waals surface area (Å²) < 4.78 is 0. The highest BCUT2D eigenvalue weighted by atomic mass is 16.1. The number of hydrogen-bond donors (Lipinski definition) is 2. The number of rotatable bonds is 10. The van der Waals surface area contributed by atoms with Gasteiger partial charge in [-0.2, -0.15) is 0 Å². The second-order valence-corrected chi connectivity index (χ2v) is 5.18. The van der Waals surface area contributed by atoms with Gasteiger partial charge in [-0.1, -0.05) is 51.5 Å². The zero-order chi connectivity index (χ0) is 14.6. The Labute approximate surface area is 122 Å². The van der Waals surface area contributed by atoms with E-state index in [-0.39, 0.29) is 5.91 Å². The number of nitrogens with two attached hydrogens (primary N) is 1. The highest BCUT2D eigenvalue weighted by Gasteiger charge is 2.03. The molecule has 112 valence electrons. The van der Waals surface area contributed by atoms with E-state index in [0.29, 0.717) is 18.8 Å². The highest BCUT2D eigenvalue weighted by Crippen LogP contribution is 2.10. The molecule has 0 aromatic carbocycles. The summed E-state index contributed by atoms with van der Waals surface area (Å²) in [5.74, 6) is 0.654. The van der Waals surface area contributed by atoms with Crippen LogP contribution in [0.3, 0.4) is 0 Å². The molecule has 0 unspecified atom stereocenters. The molecule has 0 aliphatic heterocycles. The van der Waals surface area contributed by atoms with E-state index >= 15 is 0 Å². The van der Waals surface area contributed by atoms with Crippen LogP contribution in [0.2, 0.25) is 0 Å². The lowest BCUT2D eigenvalue weighted by Gasteiger charge is -2.05. The predicted molar refractivity (Wildman–Crippen MR) is 83.4 cm³/mol. The highest BCUT2D eigenvalue weighted by molar-refractivity contribution is 5.89. The summed E-state index contributed by atoms with van der Waals surface area (Å²) in [6, 6.07) is 3.68. The molecule has 0 saturated heterocycles. The molecule has 0 fully saturated rings. The summed E-state index contributed by atoms with van der Waals surface area (Å²) in [7, 11) is 0. The Kier molecular flexibility index (Phi) is 8.63. The lowest BCUT2D eigenvalue weighted by molar-refractivity contribution is -0.116. The number of carbonyl (C=O) groups is 1. The molecule has 0 radical (unpaired) electrons. The SMILES string of the molecule is CCCCCCCCCC(=O)Nc1ccc(CN)cn1. The maximum atomic E-state index is 11.7. The average Bonchev–Trinajstić information content (AvgIpc) is 2.47. The van der Waals surface area contributed by atoms with Crippen LogP contribution in [0.25, 0.3) is 0 Å². The van der Waals surface area contributed by atoms with Crippen molar-refractivity contribution in [1.29, 1.82) is 0 Å². The van der Waals surface area contributed by atoms with E-state index in [0.717, 1.165) is 18.4 Å². The van der Waals surface area contributed by atoms with Crippen LogP contribution >= 0.6 is 0 Å². The van der Waals surface area contributed by atoms with Crippen molar-refractivity contribution in [3.8, 4) is 0 Å². The number of nitrogens with one attached hydrogen (secondary N) is 1. The van der Waals surface area contributed by atoms with E-state index in [4.69, 9.17) is 5.73 Å². The van der Waals surface area contributed by atoms with Crippen LogP contribution in [-0.4, -0.2) is 10.9 Å². The van der Waals surface area contributed by atoms with Crippen molar-refractivity contribution < 1.29 is 4.79 Å². The summed E-state index contributed by atoms with van der Waals surface area (Å²) in [5.41, 5.74) is 6.47. The van der Waals surface area contributed by atoms with Gasteiger partial charge in [-0.3, -0.25) is 4.79 Å². The normalized spacial score (nSPS) is 10.5. The first kappa shape index (κ1) is 16.6. The van der Waals surface area contributed by atoms with Gasteiger partial charge >= 0.3 is 0 Å². The van der Waals surface area contributed by atoms with Gasteiger partial charge < -0.3 is 11.1 Å². The van der Waals surface area contributed by atoms with Crippen LogP contribution in [0.4, 0.5) is 5.82 Å². The molecule has 3 N–H and O–H groups in total. The largest absolute Gasteiger partial charge is 0.326 e. The van der Waals surface area contributed by atoms with Crippen LogP contribution in [0, 0.1) is 0 Å². The fraction of sp³-hybridized carbons (Fsp3) is 0.625. The van der Waals surface area contributed by atoms with Crippen molar-refractivity contribution in [2.45, 2.75) is 64.8 Å². The second-order valence-electron chi connectivity index (χ2n) is 5.18. The van der Waals surface area contributed by atoms with E-state index in [1.807, 2.05) is 6.07 Å². The monoisotopic (exact) mass is 277 g/mol. The van der Waals surface area contributed by atoms with Gasteiger partial charge in [0.25, 0.3) is 0 Å². The number of amides is 1. The Morgan fingerprint density at radius 2 is 1.85 bits per heavy atom. The molecule has 20 heavy (non-hydrogen) atoms. The number of anilines is 1. The summed E-state index contributed by atoms with van der Waals surface area (Å²) in [6.45, 7) is 2.69. The summed E-state index contributed by atoms with van der Waals surface area (Å²) in [6.07, 6.45) is 10.8. The van der Waals surface area contributed by atoms with Crippen molar-refractivity contribution >= 4 is 11.7 Å². The molecular weight excluding hydrogens is 250 g/mol. The van der Waals surface area contributed by atoms with Crippen molar-refractivity contribution in [1.82, 2.24) is 4.98 Å². The molecule has 0 aliphatic rings. The first-order valence-electron chi connectivity index (χ1n) is 7.71. The van der Waals surface area contributed by atoms with E-state index in [1.165, 1.54) is 32.1 Å². The minimum Gasteiger partial charge on any atom is -0.326 e. The molecule has 0 atom stereocenters. The Morgan fingerprint density at radius 3 is 2.45 bits per heavy atom. The number of hydrogen-bond acceptors (Lipinski definition) is 3. The molecule has 0 bridgehead atoms. The molecule has 1 amide bonds. The number of carbonyl (C=O) groups excluding carboxylic acids is 1. The Balaban J connectivity index is 2.10. The van der Waals surface area contributed by atoms with Crippen molar-refractivity contribution in [3.05, 3.63) is 23.9 Å². The molecular formula is C16H27N3O. The molecule has 0 aliphatic carbocycles. The molecule has 1 aromatic heterocycles. The van der Waals surface area contributed by atoms with Crippen LogP contribution < -0.4 is 11.1 Å². The number of unbranched alkanes of at least 4 members (excludes halogenated alkanes) is 6. The smallest absolute Gasteiger partial charge is 0.225 e. The van der Waals surface area contributed by atoms with Gasteiger partial charge in [-0.15, -0.1) is 0 Å². The Hall–Kier alpha value is -1.42. The van der Waals surface area contributed by atoms with Gasteiger partial charge in [0.1, 0.15) is 5.82 Å². The van der Waals surface area contributed by atoms with Gasteiger partial charge in [0.2, 0.25) is 5.91 Å².